The fourth-order valence-corrected chi connectivity index (χ4v) is 2.75. The third kappa shape index (κ3) is 1.44. The second-order valence-electron chi connectivity index (χ2n) is 4.37. The fraction of sp³-hybridized carbons (Fsp3) is 0.636. The van der Waals surface area contributed by atoms with Crippen LogP contribution < -0.4 is 10.6 Å². The Kier molecular flexibility index (Phi) is 1.93. The number of aryl methyl sites for hydroxylation is 1. The summed E-state index contributed by atoms with van der Waals surface area (Å²) in [7, 11) is 0. The monoisotopic (exact) mass is 205 g/mol. The molecule has 1 unspecified atom stereocenters. The minimum absolute atomic E-state index is 0.0620. The van der Waals surface area contributed by atoms with E-state index in [9.17, 15) is 0 Å². The summed E-state index contributed by atoms with van der Waals surface area (Å²) in [6.07, 6.45) is 6.37. The molecule has 15 heavy (non-hydrogen) atoms. The lowest BCUT2D eigenvalue weighted by Crippen LogP contribution is -2.54. The highest BCUT2D eigenvalue weighted by atomic mass is 15.1. The minimum atomic E-state index is 0.0620. The van der Waals surface area contributed by atoms with Gasteiger partial charge in [0.1, 0.15) is 7.67 Å². The average molecular weight is 205 g/mol. The van der Waals surface area contributed by atoms with Gasteiger partial charge in [0.05, 0.1) is 0 Å². The molecule has 1 spiro atoms. The maximum Gasteiger partial charge on any atom is 0.115 e. The van der Waals surface area contributed by atoms with Gasteiger partial charge in [-0.1, -0.05) is 0 Å². The molecular weight excluding hydrogens is 188 g/mol. The number of rotatable bonds is 0. The Morgan fingerprint density at radius 3 is 3.33 bits per heavy atom. The summed E-state index contributed by atoms with van der Waals surface area (Å²) < 4.78 is 7.48. The van der Waals surface area contributed by atoms with Crippen LogP contribution in [0.4, 0.5) is 0 Å². The van der Waals surface area contributed by atoms with Crippen molar-refractivity contribution in [2.24, 2.45) is 0 Å². The van der Waals surface area contributed by atoms with Crippen molar-refractivity contribution in [3.8, 4) is 0 Å². The van der Waals surface area contributed by atoms with Gasteiger partial charge in [-0.2, -0.15) is 0 Å². The van der Waals surface area contributed by atoms with Crippen LogP contribution in [0.1, 0.15) is 31.9 Å². The zero-order valence-electron chi connectivity index (χ0n) is 9.71. The van der Waals surface area contributed by atoms with Gasteiger partial charge in [0.2, 0.25) is 0 Å². The lowest BCUT2D eigenvalue weighted by Gasteiger charge is -2.42. The van der Waals surface area contributed by atoms with E-state index in [1.165, 1.54) is 5.56 Å². The van der Waals surface area contributed by atoms with Crippen molar-refractivity contribution in [2.45, 2.75) is 31.2 Å². The topological polar surface area (TPSA) is 49.8 Å². The van der Waals surface area contributed by atoms with Crippen LogP contribution in [0.3, 0.4) is 0 Å². The summed E-state index contributed by atoms with van der Waals surface area (Å²) in [6.45, 7) is 1.89. The molecule has 0 bridgehead atoms. The molecule has 2 aliphatic rings. The zero-order valence-corrected chi connectivity index (χ0v) is 8.71. The van der Waals surface area contributed by atoms with Crippen LogP contribution in [-0.4, -0.2) is 23.2 Å². The molecule has 2 heterocycles. The quantitative estimate of drug-likeness (QED) is 0.649. The highest BCUT2D eigenvalue weighted by molar-refractivity contribution is 5.29. The van der Waals surface area contributed by atoms with E-state index in [4.69, 9.17) is 1.37 Å². The lowest BCUT2D eigenvalue weighted by atomic mass is 9.76. The Labute approximate surface area is 90.9 Å². The van der Waals surface area contributed by atoms with E-state index < -0.39 is 0 Å². The maximum atomic E-state index is 7.48. The molecule has 1 aliphatic carbocycles. The summed E-state index contributed by atoms with van der Waals surface area (Å²) in [5, 5.41) is 6.87. The van der Waals surface area contributed by atoms with Crippen LogP contribution in [0.25, 0.3) is 0 Å². The van der Waals surface area contributed by atoms with Gasteiger partial charge in [-0.25, -0.2) is 9.97 Å². The largest absolute Gasteiger partial charge is 0.304 e. The highest BCUT2D eigenvalue weighted by Crippen LogP contribution is 2.36. The predicted octanol–water partition coefficient (Wildman–Crippen LogP) is 0.549. The van der Waals surface area contributed by atoms with Gasteiger partial charge in [0, 0.05) is 29.7 Å². The molecule has 1 atom stereocenters. The van der Waals surface area contributed by atoms with E-state index in [1.807, 2.05) is 6.20 Å². The fourth-order valence-electron chi connectivity index (χ4n) is 2.75. The summed E-state index contributed by atoms with van der Waals surface area (Å²) in [5.74, 6) is 0. The van der Waals surface area contributed by atoms with Gasteiger partial charge < -0.3 is 5.32 Å². The van der Waals surface area contributed by atoms with Crippen molar-refractivity contribution in [1.29, 1.82) is 0 Å². The van der Waals surface area contributed by atoms with Gasteiger partial charge in [0.25, 0.3) is 0 Å². The van der Waals surface area contributed by atoms with Crippen molar-refractivity contribution in [3.63, 3.8) is 0 Å². The molecule has 0 saturated carbocycles. The Balaban J connectivity index is 2.04. The summed E-state index contributed by atoms with van der Waals surface area (Å²) in [5.41, 5.74) is 2.35. The van der Waals surface area contributed by atoms with Crippen LogP contribution in [0.15, 0.2) is 12.5 Å². The van der Waals surface area contributed by atoms with Gasteiger partial charge >= 0.3 is 0 Å². The number of hydrogen-bond acceptors (Lipinski definition) is 4. The number of fused-ring (bicyclic) bond motifs is 2. The molecule has 0 radical (unpaired) electrons. The van der Waals surface area contributed by atoms with Crippen molar-refractivity contribution in [1.82, 2.24) is 20.6 Å². The van der Waals surface area contributed by atoms with Crippen LogP contribution in [0.2, 0.25) is 0 Å². The third-order valence-electron chi connectivity index (χ3n) is 3.56. The van der Waals surface area contributed by atoms with Crippen LogP contribution in [0, 0.1) is 0 Å². The predicted molar refractivity (Wildman–Crippen MR) is 57.3 cm³/mol. The molecule has 4 nitrogen and oxygen atoms in total. The Hall–Kier alpha value is -1.00. The molecular formula is C11H16N4. The van der Waals surface area contributed by atoms with Crippen LogP contribution >= 0.6 is 0 Å². The van der Waals surface area contributed by atoms with Crippen molar-refractivity contribution in [2.75, 3.05) is 13.2 Å². The van der Waals surface area contributed by atoms with E-state index in [-0.39, 0.29) is 11.8 Å². The van der Waals surface area contributed by atoms with Crippen molar-refractivity contribution < 1.29 is 1.37 Å². The molecule has 1 fully saturated rings. The first kappa shape index (κ1) is 8.19. The highest BCUT2D eigenvalue weighted by Gasteiger charge is 2.37. The molecule has 0 aromatic carbocycles. The first-order valence-corrected chi connectivity index (χ1v) is 5.59. The van der Waals surface area contributed by atoms with E-state index in [1.54, 1.807) is 0 Å². The molecule has 80 valence electrons. The Bertz CT molecular complexity index is 401. The Morgan fingerprint density at radius 2 is 2.47 bits per heavy atom. The molecule has 1 aromatic rings. The average Bonchev–Trinajstić information content (AvgIpc) is 2.30. The molecule has 3 rings (SSSR count). The zero-order chi connectivity index (χ0) is 11.0. The number of aromatic nitrogens is 2. The van der Waals surface area contributed by atoms with Crippen LogP contribution in [-0.2, 0) is 12.0 Å². The number of nitrogens with one attached hydrogen (secondary N) is 2. The van der Waals surface area contributed by atoms with E-state index in [0.29, 0.717) is 0 Å². The molecule has 0 amide bonds. The van der Waals surface area contributed by atoms with Gasteiger partial charge in [-0.15, -0.1) is 0 Å². The number of nitrogens with zero attached hydrogens (tertiary/aromatic N) is 2. The standard InChI is InChI=1S/C11H16N4/c1-2-10-9(6-13-7-14-10)11(3-1)4-5-12-8-15-11/h6-7,12,15H,1-5,8H2/i7D. The smallest absolute Gasteiger partial charge is 0.115 e. The second kappa shape index (κ2) is 3.54. The van der Waals surface area contributed by atoms with E-state index in [2.05, 4.69) is 20.6 Å². The van der Waals surface area contributed by atoms with Crippen LogP contribution in [0.5, 0.6) is 0 Å². The summed E-state index contributed by atoms with van der Waals surface area (Å²) in [6, 6.07) is 0. The second-order valence-corrected chi connectivity index (χ2v) is 4.37. The molecule has 1 aliphatic heterocycles. The van der Waals surface area contributed by atoms with Crippen molar-refractivity contribution >= 4 is 0 Å². The SMILES string of the molecule is [2H]c1ncc2c(n1)CCCC21CCNCN1. The molecule has 1 aromatic heterocycles. The normalized spacial score (nSPS) is 31.1. The number of hydrogen-bond donors (Lipinski definition) is 2. The third-order valence-corrected chi connectivity index (χ3v) is 3.56. The maximum absolute atomic E-state index is 7.48. The molecule has 4 heteroatoms. The minimum Gasteiger partial charge on any atom is -0.304 e. The Morgan fingerprint density at radius 1 is 1.47 bits per heavy atom. The van der Waals surface area contributed by atoms with E-state index >= 15 is 0 Å². The van der Waals surface area contributed by atoms with Gasteiger partial charge in [0.15, 0.2) is 0 Å². The first-order valence-electron chi connectivity index (χ1n) is 6.09. The molecule has 2 N–H and O–H groups in total. The van der Waals surface area contributed by atoms with E-state index in [0.717, 1.165) is 44.6 Å². The first-order chi connectivity index (χ1) is 7.80. The summed E-state index contributed by atoms with van der Waals surface area (Å²) in [4.78, 5) is 8.30. The summed E-state index contributed by atoms with van der Waals surface area (Å²) >= 11 is 0. The lowest BCUT2D eigenvalue weighted by molar-refractivity contribution is 0.217. The molecule has 1 saturated heterocycles. The van der Waals surface area contributed by atoms with Gasteiger partial charge in [-0.3, -0.25) is 5.32 Å². The van der Waals surface area contributed by atoms with Gasteiger partial charge in [-0.05, 0) is 32.2 Å². The van der Waals surface area contributed by atoms with Crippen molar-refractivity contribution in [3.05, 3.63) is 23.8 Å².